The first kappa shape index (κ1) is 18.0. The molecular formula is C16H24F3NO. The van der Waals surface area contributed by atoms with Gasteiger partial charge >= 0.3 is 6.18 Å². The fraction of sp³-hybridized carbons (Fsp3) is 0.625. The summed E-state index contributed by atoms with van der Waals surface area (Å²) in [6, 6.07) is 5.26. The van der Waals surface area contributed by atoms with Crippen LogP contribution in [-0.4, -0.2) is 19.3 Å². The average Bonchev–Trinajstić information content (AvgIpc) is 2.46. The molecule has 0 aliphatic heterocycles. The maximum absolute atomic E-state index is 12.6. The second-order valence-corrected chi connectivity index (χ2v) is 4.95. The smallest absolute Gasteiger partial charge is 0.377 e. The molecule has 2 nitrogen and oxygen atoms in total. The lowest BCUT2D eigenvalue weighted by Crippen LogP contribution is -2.34. The molecular weight excluding hydrogens is 279 g/mol. The Morgan fingerprint density at radius 2 is 1.71 bits per heavy atom. The largest absolute Gasteiger partial charge is 0.416 e. The van der Waals surface area contributed by atoms with Gasteiger partial charge in [-0.25, -0.2) is 0 Å². The van der Waals surface area contributed by atoms with E-state index in [1.807, 2.05) is 13.8 Å². The first-order valence-corrected chi connectivity index (χ1v) is 7.46. The van der Waals surface area contributed by atoms with Crippen LogP contribution in [0.4, 0.5) is 13.2 Å². The van der Waals surface area contributed by atoms with Crippen molar-refractivity contribution < 1.29 is 17.9 Å². The zero-order valence-corrected chi connectivity index (χ0v) is 12.8. The molecule has 21 heavy (non-hydrogen) atoms. The Bertz CT molecular complexity index is 403. The summed E-state index contributed by atoms with van der Waals surface area (Å²) in [4.78, 5) is 0. The highest BCUT2D eigenvalue weighted by atomic mass is 19.4. The van der Waals surface area contributed by atoms with Crippen molar-refractivity contribution in [2.75, 3.05) is 13.2 Å². The molecule has 1 N–H and O–H groups in total. The summed E-state index contributed by atoms with van der Waals surface area (Å²) in [5.41, 5.74) is 0.210. The van der Waals surface area contributed by atoms with Gasteiger partial charge in [0.15, 0.2) is 0 Å². The number of halogens is 3. The Labute approximate surface area is 124 Å². The van der Waals surface area contributed by atoms with Crippen molar-refractivity contribution in [3.05, 3.63) is 35.4 Å². The molecule has 0 spiro atoms. The van der Waals surface area contributed by atoms with Crippen molar-refractivity contribution in [1.82, 2.24) is 5.32 Å². The van der Waals surface area contributed by atoms with Gasteiger partial charge < -0.3 is 10.1 Å². The zero-order chi connectivity index (χ0) is 15.9. The van der Waals surface area contributed by atoms with E-state index in [2.05, 4.69) is 12.2 Å². The Balaban J connectivity index is 2.96. The molecule has 0 aliphatic carbocycles. The van der Waals surface area contributed by atoms with Gasteiger partial charge in [0.25, 0.3) is 0 Å². The number of nitrogens with one attached hydrogen (secondary N) is 1. The van der Waals surface area contributed by atoms with E-state index in [4.69, 9.17) is 4.74 Å². The van der Waals surface area contributed by atoms with Gasteiger partial charge in [-0.05, 0) is 44.0 Å². The molecule has 0 heterocycles. The topological polar surface area (TPSA) is 21.3 Å². The van der Waals surface area contributed by atoms with Gasteiger partial charge in [0.05, 0.1) is 17.7 Å². The van der Waals surface area contributed by atoms with Crippen molar-refractivity contribution >= 4 is 0 Å². The summed E-state index contributed by atoms with van der Waals surface area (Å²) in [6.45, 7) is 7.38. The van der Waals surface area contributed by atoms with Crippen LogP contribution < -0.4 is 5.32 Å². The molecule has 0 fully saturated rings. The summed E-state index contributed by atoms with van der Waals surface area (Å²) < 4.78 is 43.6. The number of ether oxygens (including phenoxy) is 1. The quantitative estimate of drug-likeness (QED) is 0.760. The fourth-order valence-electron chi connectivity index (χ4n) is 2.31. The van der Waals surface area contributed by atoms with E-state index in [0.29, 0.717) is 6.61 Å². The number of benzene rings is 1. The van der Waals surface area contributed by atoms with Crippen LogP contribution in [0.3, 0.4) is 0 Å². The zero-order valence-electron chi connectivity index (χ0n) is 12.8. The maximum Gasteiger partial charge on any atom is 0.416 e. The molecule has 1 aromatic rings. The first-order chi connectivity index (χ1) is 9.93. The average molecular weight is 303 g/mol. The van der Waals surface area contributed by atoms with E-state index in [1.165, 1.54) is 12.1 Å². The number of hydrogen-bond acceptors (Lipinski definition) is 2. The predicted molar refractivity (Wildman–Crippen MR) is 78.2 cm³/mol. The number of rotatable bonds is 8. The fourth-order valence-corrected chi connectivity index (χ4v) is 2.31. The standard InChI is InChI=1S/C16H24F3NO/c1-4-11-20-15(14(5-2)21-6-3)12-7-9-13(10-8-12)16(17,18)19/h7-10,14-15,20H,4-6,11H2,1-3H3. The lowest BCUT2D eigenvalue weighted by atomic mass is 9.98. The molecule has 0 radical (unpaired) electrons. The second-order valence-electron chi connectivity index (χ2n) is 4.95. The van der Waals surface area contributed by atoms with Crippen molar-refractivity contribution in [2.24, 2.45) is 0 Å². The van der Waals surface area contributed by atoms with Gasteiger partial charge in [-0.2, -0.15) is 13.2 Å². The van der Waals surface area contributed by atoms with Gasteiger partial charge in [0.2, 0.25) is 0 Å². The third-order valence-corrected chi connectivity index (χ3v) is 3.37. The summed E-state index contributed by atoms with van der Waals surface area (Å²) in [7, 11) is 0. The van der Waals surface area contributed by atoms with E-state index in [9.17, 15) is 13.2 Å². The molecule has 0 saturated carbocycles. The van der Waals surface area contributed by atoms with E-state index in [0.717, 1.165) is 37.1 Å². The van der Waals surface area contributed by atoms with E-state index in [-0.39, 0.29) is 12.1 Å². The molecule has 0 saturated heterocycles. The second kappa shape index (κ2) is 8.39. The van der Waals surface area contributed by atoms with Crippen molar-refractivity contribution in [3.63, 3.8) is 0 Å². The number of alkyl halides is 3. The summed E-state index contributed by atoms with van der Waals surface area (Å²) in [6.07, 6.45) is -2.58. The van der Waals surface area contributed by atoms with Gasteiger partial charge in [-0.1, -0.05) is 26.0 Å². The van der Waals surface area contributed by atoms with Crippen LogP contribution in [-0.2, 0) is 10.9 Å². The van der Waals surface area contributed by atoms with Crippen LogP contribution in [0.1, 0.15) is 50.8 Å². The number of hydrogen-bond donors (Lipinski definition) is 1. The summed E-state index contributed by atoms with van der Waals surface area (Å²) in [5.74, 6) is 0. The van der Waals surface area contributed by atoms with Gasteiger partial charge in [-0.15, -0.1) is 0 Å². The highest BCUT2D eigenvalue weighted by Gasteiger charge is 2.30. The first-order valence-electron chi connectivity index (χ1n) is 7.46. The van der Waals surface area contributed by atoms with Crippen LogP contribution in [0.15, 0.2) is 24.3 Å². The molecule has 5 heteroatoms. The third-order valence-electron chi connectivity index (χ3n) is 3.37. The highest BCUT2D eigenvalue weighted by Crippen LogP contribution is 2.31. The highest BCUT2D eigenvalue weighted by molar-refractivity contribution is 5.27. The Kier molecular flexibility index (Phi) is 7.18. The Morgan fingerprint density at radius 1 is 1.10 bits per heavy atom. The lowest BCUT2D eigenvalue weighted by Gasteiger charge is -2.28. The van der Waals surface area contributed by atoms with Crippen LogP contribution >= 0.6 is 0 Å². The predicted octanol–water partition coefficient (Wildman–Crippen LogP) is 4.56. The van der Waals surface area contributed by atoms with E-state index in [1.54, 1.807) is 0 Å². The molecule has 2 unspecified atom stereocenters. The Hall–Kier alpha value is -1.07. The molecule has 0 aromatic heterocycles. The van der Waals surface area contributed by atoms with Crippen LogP contribution in [0.5, 0.6) is 0 Å². The van der Waals surface area contributed by atoms with E-state index >= 15 is 0 Å². The lowest BCUT2D eigenvalue weighted by molar-refractivity contribution is -0.137. The van der Waals surface area contributed by atoms with Gasteiger partial charge in [0, 0.05) is 6.61 Å². The molecule has 0 bridgehead atoms. The molecule has 0 aliphatic rings. The van der Waals surface area contributed by atoms with Crippen molar-refractivity contribution in [2.45, 2.75) is 51.9 Å². The maximum atomic E-state index is 12.6. The van der Waals surface area contributed by atoms with Crippen LogP contribution in [0, 0.1) is 0 Å². The molecule has 2 atom stereocenters. The van der Waals surface area contributed by atoms with Crippen molar-refractivity contribution in [3.8, 4) is 0 Å². The minimum atomic E-state index is -4.30. The third kappa shape index (κ3) is 5.32. The molecule has 0 amide bonds. The molecule has 1 aromatic carbocycles. The van der Waals surface area contributed by atoms with Crippen LogP contribution in [0.2, 0.25) is 0 Å². The SMILES string of the molecule is CCCNC(c1ccc(C(F)(F)F)cc1)C(CC)OCC. The summed E-state index contributed by atoms with van der Waals surface area (Å²) in [5, 5.41) is 3.37. The Morgan fingerprint density at radius 3 is 2.14 bits per heavy atom. The monoisotopic (exact) mass is 303 g/mol. The van der Waals surface area contributed by atoms with Gasteiger partial charge in [-0.3, -0.25) is 0 Å². The normalized spacial score (nSPS) is 15.0. The van der Waals surface area contributed by atoms with Gasteiger partial charge in [0.1, 0.15) is 0 Å². The molecule has 120 valence electrons. The minimum absolute atomic E-state index is 0.0433. The van der Waals surface area contributed by atoms with Crippen molar-refractivity contribution in [1.29, 1.82) is 0 Å². The summed E-state index contributed by atoms with van der Waals surface area (Å²) >= 11 is 0. The molecule has 1 rings (SSSR count). The minimum Gasteiger partial charge on any atom is -0.377 e. The van der Waals surface area contributed by atoms with Crippen LogP contribution in [0.25, 0.3) is 0 Å². The van der Waals surface area contributed by atoms with E-state index < -0.39 is 11.7 Å².